The summed E-state index contributed by atoms with van der Waals surface area (Å²) in [6, 6.07) is 6.76. The van der Waals surface area contributed by atoms with Crippen LogP contribution in [0.4, 0.5) is 5.69 Å². The SMILES string of the molecule is COc1ccc(NC(=O)C2CCCN2C(=O)C(C)OC2CCCC(C)C2)cc1. The molecule has 0 spiro atoms. The first-order valence-electron chi connectivity index (χ1n) is 10.4. The van der Waals surface area contributed by atoms with Crippen LogP contribution in [0.2, 0.25) is 0 Å². The molecule has 28 heavy (non-hydrogen) atoms. The van der Waals surface area contributed by atoms with Gasteiger partial charge in [0.25, 0.3) is 5.91 Å². The normalized spacial score (nSPS) is 26.0. The number of likely N-dealkylation sites (tertiary alicyclic amines) is 1. The largest absolute Gasteiger partial charge is 0.497 e. The Labute approximate surface area is 167 Å². The van der Waals surface area contributed by atoms with Crippen LogP contribution < -0.4 is 10.1 Å². The molecule has 2 amide bonds. The number of amides is 2. The Kier molecular flexibility index (Phi) is 6.94. The number of benzene rings is 1. The van der Waals surface area contributed by atoms with Crippen molar-refractivity contribution in [2.24, 2.45) is 5.92 Å². The molecule has 0 radical (unpaired) electrons. The van der Waals surface area contributed by atoms with Crippen molar-refractivity contribution >= 4 is 17.5 Å². The van der Waals surface area contributed by atoms with E-state index in [1.165, 1.54) is 6.42 Å². The molecule has 1 heterocycles. The lowest BCUT2D eigenvalue weighted by Gasteiger charge is -2.31. The summed E-state index contributed by atoms with van der Waals surface area (Å²) in [5.74, 6) is 1.16. The van der Waals surface area contributed by atoms with Crippen molar-refractivity contribution in [2.75, 3.05) is 19.0 Å². The van der Waals surface area contributed by atoms with Crippen molar-refractivity contribution in [3.05, 3.63) is 24.3 Å². The minimum atomic E-state index is -0.510. The number of nitrogens with one attached hydrogen (secondary N) is 1. The summed E-state index contributed by atoms with van der Waals surface area (Å²) >= 11 is 0. The maximum absolute atomic E-state index is 13.0. The molecule has 1 aromatic carbocycles. The van der Waals surface area contributed by atoms with E-state index in [9.17, 15) is 9.59 Å². The first-order chi connectivity index (χ1) is 13.5. The fourth-order valence-electron chi connectivity index (χ4n) is 4.29. The van der Waals surface area contributed by atoms with Gasteiger partial charge in [-0.25, -0.2) is 0 Å². The highest BCUT2D eigenvalue weighted by molar-refractivity contribution is 5.98. The van der Waals surface area contributed by atoms with Crippen molar-refractivity contribution < 1.29 is 19.1 Å². The molecule has 4 unspecified atom stereocenters. The van der Waals surface area contributed by atoms with Crippen molar-refractivity contribution in [2.45, 2.75) is 70.6 Å². The highest BCUT2D eigenvalue weighted by atomic mass is 16.5. The Balaban J connectivity index is 1.57. The van der Waals surface area contributed by atoms with Crippen LogP contribution in [0.25, 0.3) is 0 Å². The lowest BCUT2D eigenvalue weighted by molar-refractivity contribution is -0.150. The Morgan fingerprint density at radius 3 is 2.57 bits per heavy atom. The summed E-state index contributed by atoms with van der Waals surface area (Å²) in [5, 5.41) is 2.92. The first-order valence-corrected chi connectivity index (χ1v) is 10.4. The summed E-state index contributed by atoms with van der Waals surface area (Å²) in [6.07, 6.45) is 5.58. The van der Waals surface area contributed by atoms with Crippen LogP contribution in [0.15, 0.2) is 24.3 Å². The second kappa shape index (κ2) is 9.41. The van der Waals surface area contributed by atoms with E-state index in [1.54, 1.807) is 36.3 Å². The molecular weight excluding hydrogens is 356 g/mol. The zero-order valence-electron chi connectivity index (χ0n) is 17.1. The lowest BCUT2D eigenvalue weighted by atomic mass is 9.88. The van der Waals surface area contributed by atoms with Gasteiger partial charge in [-0.05, 0) is 62.8 Å². The Bertz CT molecular complexity index is 676. The molecule has 4 atom stereocenters. The van der Waals surface area contributed by atoms with Gasteiger partial charge in [-0.2, -0.15) is 0 Å². The second-order valence-corrected chi connectivity index (χ2v) is 8.08. The van der Waals surface area contributed by atoms with E-state index in [-0.39, 0.29) is 17.9 Å². The monoisotopic (exact) mass is 388 g/mol. The molecule has 1 saturated heterocycles. The number of methoxy groups -OCH3 is 1. The molecule has 1 aliphatic heterocycles. The van der Waals surface area contributed by atoms with E-state index in [0.29, 0.717) is 24.6 Å². The predicted octanol–water partition coefficient (Wildman–Crippen LogP) is 3.61. The van der Waals surface area contributed by atoms with E-state index >= 15 is 0 Å². The minimum absolute atomic E-state index is 0.0781. The summed E-state index contributed by atoms with van der Waals surface area (Å²) in [6.45, 7) is 4.66. The van der Waals surface area contributed by atoms with Crippen LogP contribution in [-0.4, -0.2) is 48.6 Å². The van der Waals surface area contributed by atoms with Gasteiger partial charge in [-0.3, -0.25) is 9.59 Å². The molecule has 1 aliphatic carbocycles. The fraction of sp³-hybridized carbons (Fsp3) is 0.636. The van der Waals surface area contributed by atoms with Gasteiger partial charge in [0.05, 0.1) is 13.2 Å². The molecule has 1 aromatic rings. The number of carbonyl (C=O) groups is 2. The van der Waals surface area contributed by atoms with Crippen molar-refractivity contribution in [3.8, 4) is 5.75 Å². The molecule has 1 saturated carbocycles. The zero-order valence-corrected chi connectivity index (χ0v) is 17.1. The van der Waals surface area contributed by atoms with Crippen LogP contribution in [0.1, 0.15) is 52.4 Å². The van der Waals surface area contributed by atoms with Gasteiger partial charge >= 0.3 is 0 Å². The fourth-order valence-corrected chi connectivity index (χ4v) is 4.29. The topological polar surface area (TPSA) is 67.9 Å². The number of carbonyl (C=O) groups excluding carboxylic acids is 2. The van der Waals surface area contributed by atoms with Gasteiger partial charge in [-0.1, -0.05) is 19.8 Å². The van der Waals surface area contributed by atoms with Gasteiger partial charge in [-0.15, -0.1) is 0 Å². The number of rotatable bonds is 6. The van der Waals surface area contributed by atoms with Gasteiger partial charge in [0.2, 0.25) is 5.91 Å². The standard InChI is InChI=1S/C22H32N2O4/c1-15-6-4-7-19(14-15)28-16(2)22(26)24-13-5-8-20(24)21(25)23-17-9-11-18(27-3)12-10-17/h9-12,15-16,19-20H,4-8,13-14H2,1-3H3,(H,23,25). The average molecular weight is 389 g/mol. The first kappa shape index (κ1) is 20.6. The Morgan fingerprint density at radius 1 is 1.14 bits per heavy atom. The van der Waals surface area contributed by atoms with Crippen LogP contribution >= 0.6 is 0 Å². The van der Waals surface area contributed by atoms with Crippen molar-refractivity contribution in [1.29, 1.82) is 0 Å². The molecule has 6 nitrogen and oxygen atoms in total. The van der Waals surface area contributed by atoms with Crippen LogP contribution in [0.5, 0.6) is 5.75 Å². The van der Waals surface area contributed by atoms with Crippen LogP contribution in [0.3, 0.4) is 0 Å². The third-order valence-corrected chi connectivity index (χ3v) is 5.83. The van der Waals surface area contributed by atoms with E-state index in [0.717, 1.165) is 31.4 Å². The van der Waals surface area contributed by atoms with E-state index in [4.69, 9.17) is 9.47 Å². The van der Waals surface area contributed by atoms with Crippen molar-refractivity contribution in [3.63, 3.8) is 0 Å². The molecule has 3 rings (SSSR count). The van der Waals surface area contributed by atoms with Crippen LogP contribution in [-0.2, 0) is 14.3 Å². The molecule has 0 bridgehead atoms. The summed E-state index contributed by atoms with van der Waals surface area (Å²) in [5.41, 5.74) is 0.700. The average Bonchev–Trinajstić information content (AvgIpc) is 3.18. The lowest BCUT2D eigenvalue weighted by Crippen LogP contribution is -2.48. The van der Waals surface area contributed by atoms with Crippen molar-refractivity contribution in [1.82, 2.24) is 4.90 Å². The number of ether oxygens (including phenoxy) is 2. The third-order valence-electron chi connectivity index (χ3n) is 5.83. The number of nitrogens with zero attached hydrogens (tertiary/aromatic N) is 1. The zero-order chi connectivity index (χ0) is 20.1. The van der Waals surface area contributed by atoms with Gasteiger partial charge in [0.1, 0.15) is 17.9 Å². The number of hydrogen-bond donors (Lipinski definition) is 1. The van der Waals surface area contributed by atoms with Gasteiger partial charge < -0.3 is 19.7 Å². The minimum Gasteiger partial charge on any atom is -0.497 e. The second-order valence-electron chi connectivity index (χ2n) is 8.08. The van der Waals surface area contributed by atoms with E-state index < -0.39 is 12.1 Å². The number of hydrogen-bond acceptors (Lipinski definition) is 4. The maximum Gasteiger partial charge on any atom is 0.252 e. The van der Waals surface area contributed by atoms with E-state index in [2.05, 4.69) is 12.2 Å². The third kappa shape index (κ3) is 5.04. The van der Waals surface area contributed by atoms with Crippen LogP contribution in [0, 0.1) is 5.92 Å². The smallest absolute Gasteiger partial charge is 0.252 e. The highest BCUT2D eigenvalue weighted by Crippen LogP contribution is 2.28. The molecule has 2 fully saturated rings. The molecule has 154 valence electrons. The summed E-state index contributed by atoms with van der Waals surface area (Å²) < 4.78 is 11.2. The molecule has 6 heteroatoms. The predicted molar refractivity (Wildman–Crippen MR) is 108 cm³/mol. The Morgan fingerprint density at radius 2 is 1.89 bits per heavy atom. The number of anilines is 1. The molecule has 0 aromatic heterocycles. The van der Waals surface area contributed by atoms with Gasteiger partial charge in [0.15, 0.2) is 0 Å². The molecular formula is C22H32N2O4. The maximum atomic E-state index is 13.0. The molecule has 2 aliphatic rings. The quantitative estimate of drug-likeness (QED) is 0.808. The van der Waals surface area contributed by atoms with Gasteiger partial charge in [0, 0.05) is 12.2 Å². The molecule has 1 N–H and O–H groups in total. The summed E-state index contributed by atoms with van der Waals surface area (Å²) in [7, 11) is 1.60. The Hall–Kier alpha value is -2.08. The summed E-state index contributed by atoms with van der Waals surface area (Å²) in [4.78, 5) is 27.4. The highest BCUT2D eigenvalue weighted by Gasteiger charge is 2.37. The van der Waals surface area contributed by atoms with E-state index in [1.807, 2.05) is 6.92 Å².